The van der Waals surface area contributed by atoms with Gasteiger partial charge < -0.3 is 24.4 Å². The molecule has 0 amide bonds. The second kappa shape index (κ2) is 8.09. The Bertz CT molecular complexity index is 713. The predicted octanol–water partition coefficient (Wildman–Crippen LogP) is 2.48. The van der Waals surface area contributed by atoms with Gasteiger partial charge in [0.15, 0.2) is 11.5 Å². The predicted molar refractivity (Wildman–Crippen MR) is 94.5 cm³/mol. The number of nitrogens with zero attached hydrogens (tertiary/aromatic N) is 1. The number of ether oxygens (including phenoxy) is 3. The maximum absolute atomic E-state index is 10.2. The molecule has 2 N–H and O–H groups in total. The van der Waals surface area contributed by atoms with Gasteiger partial charge in [-0.15, -0.1) is 0 Å². The zero-order chi connectivity index (χ0) is 17.6. The molecule has 6 heteroatoms. The molecule has 0 aliphatic carbocycles. The molecule has 0 bridgehead atoms. The molecule has 0 aromatic heterocycles. The first kappa shape index (κ1) is 17.4. The van der Waals surface area contributed by atoms with Gasteiger partial charge in [-0.05, 0) is 35.4 Å². The minimum absolute atomic E-state index is 0.0711. The number of benzene rings is 2. The van der Waals surface area contributed by atoms with E-state index in [1.807, 2.05) is 6.07 Å². The van der Waals surface area contributed by atoms with Gasteiger partial charge >= 0.3 is 0 Å². The first-order valence-corrected chi connectivity index (χ1v) is 8.30. The fourth-order valence-corrected chi connectivity index (χ4v) is 2.80. The zero-order valence-corrected chi connectivity index (χ0v) is 14.3. The lowest BCUT2D eigenvalue weighted by Crippen LogP contribution is -2.38. The van der Waals surface area contributed by atoms with Crippen LogP contribution in [0.3, 0.4) is 0 Å². The van der Waals surface area contributed by atoms with Crippen molar-refractivity contribution < 1.29 is 24.4 Å². The van der Waals surface area contributed by atoms with E-state index in [1.165, 1.54) is 6.07 Å². The van der Waals surface area contributed by atoms with Gasteiger partial charge in [-0.2, -0.15) is 0 Å². The molecule has 25 heavy (non-hydrogen) atoms. The topological polar surface area (TPSA) is 71.4 Å². The van der Waals surface area contributed by atoms with Crippen molar-refractivity contribution in [3.8, 4) is 34.1 Å². The fourth-order valence-electron chi connectivity index (χ4n) is 2.80. The Kier molecular flexibility index (Phi) is 5.63. The van der Waals surface area contributed by atoms with Crippen molar-refractivity contribution >= 4 is 0 Å². The molecular formula is C19H23NO5. The number of phenols is 2. The number of rotatable bonds is 6. The normalized spacial score (nSPS) is 15.1. The Labute approximate surface area is 147 Å². The molecule has 0 saturated carbocycles. The van der Waals surface area contributed by atoms with E-state index in [-0.39, 0.29) is 11.5 Å². The highest BCUT2D eigenvalue weighted by molar-refractivity contribution is 5.69. The third kappa shape index (κ3) is 4.55. The molecule has 1 heterocycles. The molecule has 0 spiro atoms. The van der Waals surface area contributed by atoms with Crippen molar-refractivity contribution in [1.29, 1.82) is 0 Å². The zero-order valence-electron chi connectivity index (χ0n) is 14.3. The SMILES string of the molecule is COc1cc(O)cc(-c2ccc(OCCN3CCOCC3)c(O)c2)c1. The van der Waals surface area contributed by atoms with Crippen molar-refractivity contribution in [2.45, 2.75) is 0 Å². The highest BCUT2D eigenvalue weighted by atomic mass is 16.5. The summed E-state index contributed by atoms with van der Waals surface area (Å²) in [6.07, 6.45) is 0. The third-order valence-corrected chi connectivity index (χ3v) is 4.19. The molecular weight excluding hydrogens is 322 g/mol. The van der Waals surface area contributed by atoms with Crippen LogP contribution in [0.2, 0.25) is 0 Å². The van der Waals surface area contributed by atoms with Crippen LogP contribution in [0.4, 0.5) is 0 Å². The van der Waals surface area contributed by atoms with Gasteiger partial charge in [0.25, 0.3) is 0 Å². The van der Waals surface area contributed by atoms with E-state index in [2.05, 4.69) is 4.90 Å². The quantitative estimate of drug-likeness (QED) is 0.838. The number of aromatic hydroxyl groups is 2. The molecule has 3 rings (SSSR count). The maximum Gasteiger partial charge on any atom is 0.161 e. The summed E-state index contributed by atoms with van der Waals surface area (Å²) < 4.78 is 16.2. The summed E-state index contributed by atoms with van der Waals surface area (Å²) in [7, 11) is 1.54. The van der Waals surface area contributed by atoms with E-state index in [1.54, 1.807) is 31.4 Å². The minimum atomic E-state index is 0.0711. The molecule has 0 radical (unpaired) electrons. The van der Waals surface area contributed by atoms with E-state index in [0.717, 1.165) is 44.0 Å². The van der Waals surface area contributed by atoms with Crippen LogP contribution in [0.5, 0.6) is 23.0 Å². The Morgan fingerprint density at radius 2 is 1.84 bits per heavy atom. The van der Waals surface area contributed by atoms with Crippen LogP contribution in [0.25, 0.3) is 11.1 Å². The molecule has 1 aliphatic heterocycles. The van der Waals surface area contributed by atoms with E-state index >= 15 is 0 Å². The molecule has 2 aromatic carbocycles. The molecule has 134 valence electrons. The molecule has 1 saturated heterocycles. The Hall–Kier alpha value is -2.44. The van der Waals surface area contributed by atoms with E-state index < -0.39 is 0 Å². The van der Waals surface area contributed by atoms with Crippen LogP contribution in [-0.4, -0.2) is 61.7 Å². The summed E-state index contributed by atoms with van der Waals surface area (Å²) >= 11 is 0. The van der Waals surface area contributed by atoms with Crippen LogP contribution in [0.15, 0.2) is 36.4 Å². The lowest BCUT2D eigenvalue weighted by Gasteiger charge is -2.26. The van der Waals surface area contributed by atoms with Crippen LogP contribution < -0.4 is 9.47 Å². The van der Waals surface area contributed by atoms with Gasteiger partial charge in [-0.25, -0.2) is 0 Å². The summed E-state index contributed by atoms with van der Waals surface area (Å²) in [6.45, 7) is 4.64. The second-order valence-electron chi connectivity index (χ2n) is 5.90. The van der Waals surface area contributed by atoms with Crippen molar-refractivity contribution in [3.05, 3.63) is 36.4 Å². The minimum Gasteiger partial charge on any atom is -0.508 e. The number of methoxy groups -OCH3 is 1. The van der Waals surface area contributed by atoms with Gasteiger partial charge in [0.1, 0.15) is 18.1 Å². The Morgan fingerprint density at radius 3 is 2.56 bits per heavy atom. The monoisotopic (exact) mass is 345 g/mol. The van der Waals surface area contributed by atoms with Crippen LogP contribution >= 0.6 is 0 Å². The number of hydrogen-bond acceptors (Lipinski definition) is 6. The third-order valence-electron chi connectivity index (χ3n) is 4.19. The number of morpholine rings is 1. The molecule has 6 nitrogen and oxygen atoms in total. The highest BCUT2D eigenvalue weighted by Crippen LogP contribution is 2.34. The van der Waals surface area contributed by atoms with Gasteiger partial charge in [-0.1, -0.05) is 6.07 Å². The van der Waals surface area contributed by atoms with Crippen LogP contribution in [0, 0.1) is 0 Å². The van der Waals surface area contributed by atoms with E-state index in [9.17, 15) is 10.2 Å². The van der Waals surface area contributed by atoms with Crippen LogP contribution in [0.1, 0.15) is 0 Å². The van der Waals surface area contributed by atoms with Crippen molar-refractivity contribution in [1.82, 2.24) is 4.90 Å². The maximum atomic E-state index is 10.2. The summed E-state index contributed by atoms with van der Waals surface area (Å²) in [6, 6.07) is 10.2. The average Bonchev–Trinajstić information content (AvgIpc) is 2.63. The van der Waals surface area contributed by atoms with Crippen molar-refractivity contribution in [2.75, 3.05) is 46.6 Å². The second-order valence-corrected chi connectivity index (χ2v) is 5.90. The summed E-state index contributed by atoms with van der Waals surface area (Å²) in [5.74, 6) is 1.19. The lowest BCUT2D eigenvalue weighted by molar-refractivity contribution is 0.0321. The van der Waals surface area contributed by atoms with Gasteiger partial charge in [0.2, 0.25) is 0 Å². The molecule has 2 aromatic rings. The number of hydrogen-bond donors (Lipinski definition) is 2. The highest BCUT2D eigenvalue weighted by Gasteiger charge is 2.11. The van der Waals surface area contributed by atoms with Gasteiger partial charge in [0, 0.05) is 25.7 Å². The molecule has 1 fully saturated rings. The molecule has 0 atom stereocenters. The largest absolute Gasteiger partial charge is 0.508 e. The summed E-state index contributed by atoms with van der Waals surface area (Å²) in [5.41, 5.74) is 1.53. The van der Waals surface area contributed by atoms with Gasteiger partial charge in [-0.3, -0.25) is 4.90 Å². The number of phenolic OH excluding ortho intramolecular Hbond substituents is 2. The fraction of sp³-hybridized carbons (Fsp3) is 0.368. The first-order valence-electron chi connectivity index (χ1n) is 8.30. The molecule has 0 unspecified atom stereocenters. The Balaban J connectivity index is 1.65. The van der Waals surface area contributed by atoms with Crippen molar-refractivity contribution in [2.24, 2.45) is 0 Å². The van der Waals surface area contributed by atoms with Crippen molar-refractivity contribution in [3.63, 3.8) is 0 Å². The average molecular weight is 345 g/mol. The molecule has 1 aliphatic rings. The Morgan fingerprint density at radius 1 is 1.04 bits per heavy atom. The van der Waals surface area contributed by atoms with Crippen LogP contribution in [-0.2, 0) is 4.74 Å². The van der Waals surface area contributed by atoms with E-state index in [0.29, 0.717) is 18.1 Å². The summed E-state index contributed by atoms with van der Waals surface area (Å²) in [4.78, 5) is 2.27. The van der Waals surface area contributed by atoms with Gasteiger partial charge in [0.05, 0.1) is 20.3 Å². The first-order chi connectivity index (χ1) is 12.2. The lowest BCUT2D eigenvalue weighted by atomic mass is 10.0. The smallest absolute Gasteiger partial charge is 0.161 e. The van der Waals surface area contributed by atoms with E-state index in [4.69, 9.17) is 14.2 Å². The standard InChI is InChI=1S/C19H23NO5/c1-23-17-11-15(10-16(21)13-17)14-2-3-19(18(22)12-14)25-9-6-20-4-7-24-8-5-20/h2-3,10-13,21-22H,4-9H2,1H3. The summed E-state index contributed by atoms with van der Waals surface area (Å²) in [5, 5.41) is 20.0.